The summed E-state index contributed by atoms with van der Waals surface area (Å²) in [5, 5.41) is 14.1. The summed E-state index contributed by atoms with van der Waals surface area (Å²) in [6.45, 7) is 2.45. The van der Waals surface area contributed by atoms with Gasteiger partial charge in [-0.2, -0.15) is 0 Å². The molecule has 1 aliphatic heterocycles. The van der Waals surface area contributed by atoms with Crippen LogP contribution in [0.1, 0.15) is 12.8 Å². The van der Waals surface area contributed by atoms with Gasteiger partial charge in [-0.15, -0.1) is 0 Å². The minimum absolute atomic E-state index is 0.544. The number of nitrogens with zero attached hydrogens (tertiary/aromatic N) is 1. The Kier molecular flexibility index (Phi) is 3.92. The number of nitrogens with one attached hydrogen (secondary N) is 1. The summed E-state index contributed by atoms with van der Waals surface area (Å²) < 4.78 is 0. The summed E-state index contributed by atoms with van der Waals surface area (Å²) in [5.74, 6) is 0. The van der Waals surface area contributed by atoms with Gasteiger partial charge in [0.25, 0.3) is 0 Å². The first-order valence-electron chi connectivity index (χ1n) is 6.00. The van der Waals surface area contributed by atoms with E-state index in [4.69, 9.17) is 11.6 Å². The molecule has 1 aromatic rings. The highest BCUT2D eigenvalue weighted by molar-refractivity contribution is 6.30. The van der Waals surface area contributed by atoms with Crippen molar-refractivity contribution in [2.75, 3.05) is 31.6 Å². The largest absolute Gasteiger partial charge is 0.388 e. The molecule has 4 heteroatoms. The van der Waals surface area contributed by atoms with Gasteiger partial charge in [0.2, 0.25) is 0 Å². The van der Waals surface area contributed by atoms with Crippen LogP contribution in [0.25, 0.3) is 0 Å². The molecule has 0 aliphatic carbocycles. The number of hydrogen-bond acceptors (Lipinski definition) is 3. The highest BCUT2D eigenvalue weighted by atomic mass is 35.5. The number of likely N-dealkylation sites (N-methyl/N-ethyl adjacent to an activating group) is 1. The molecular weight excluding hydrogens is 236 g/mol. The number of halogens is 1. The molecule has 1 aliphatic rings. The lowest BCUT2D eigenvalue weighted by Crippen LogP contribution is -2.49. The average Bonchev–Trinajstić information content (AvgIpc) is 2.31. The first-order chi connectivity index (χ1) is 8.13. The van der Waals surface area contributed by atoms with Crippen molar-refractivity contribution in [1.82, 2.24) is 5.32 Å². The molecule has 1 fully saturated rings. The van der Waals surface area contributed by atoms with Crippen molar-refractivity contribution in [3.8, 4) is 0 Å². The Morgan fingerprint density at radius 2 is 1.88 bits per heavy atom. The highest BCUT2D eigenvalue weighted by Gasteiger charge is 2.31. The number of hydrogen-bond donors (Lipinski definition) is 2. The Bertz CT molecular complexity index is 358. The number of aliphatic hydroxyl groups is 1. The second-order valence-corrected chi connectivity index (χ2v) is 5.15. The predicted octanol–water partition coefficient (Wildman–Crippen LogP) is 1.89. The molecule has 1 saturated heterocycles. The van der Waals surface area contributed by atoms with Crippen molar-refractivity contribution in [2.45, 2.75) is 18.4 Å². The van der Waals surface area contributed by atoms with Crippen LogP contribution in [0.4, 0.5) is 5.69 Å². The molecular formula is C13H19ClN2O. The van der Waals surface area contributed by atoms with Crippen molar-refractivity contribution in [3.63, 3.8) is 0 Å². The number of anilines is 1. The molecule has 0 spiro atoms. The zero-order chi connectivity index (χ0) is 12.3. The van der Waals surface area contributed by atoms with E-state index >= 15 is 0 Å². The normalized spacial score (nSPS) is 19.4. The van der Waals surface area contributed by atoms with E-state index in [9.17, 15) is 5.11 Å². The number of benzene rings is 1. The topological polar surface area (TPSA) is 35.5 Å². The van der Waals surface area contributed by atoms with Crippen molar-refractivity contribution in [2.24, 2.45) is 0 Å². The van der Waals surface area contributed by atoms with E-state index in [1.165, 1.54) is 5.69 Å². The highest BCUT2D eigenvalue weighted by Crippen LogP contribution is 2.26. The van der Waals surface area contributed by atoms with Crippen molar-refractivity contribution >= 4 is 17.3 Å². The maximum atomic E-state index is 10.3. The van der Waals surface area contributed by atoms with E-state index in [1.807, 2.05) is 31.3 Å². The molecule has 0 unspecified atom stereocenters. The maximum absolute atomic E-state index is 10.3. The molecule has 0 saturated carbocycles. The van der Waals surface area contributed by atoms with Crippen LogP contribution in [0.2, 0.25) is 5.02 Å². The van der Waals surface area contributed by atoms with Crippen LogP contribution in [0.5, 0.6) is 0 Å². The molecule has 1 heterocycles. The molecule has 17 heavy (non-hydrogen) atoms. The lowest BCUT2D eigenvalue weighted by Gasteiger charge is -2.39. The summed E-state index contributed by atoms with van der Waals surface area (Å²) in [4.78, 5) is 2.29. The van der Waals surface area contributed by atoms with E-state index in [-0.39, 0.29) is 0 Å². The van der Waals surface area contributed by atoms with E-state index in [2.05, 4.69) is 10.2 Å². The lowest BCUT2D eigenvalue weighted by molar-refractivity contribution is 0.0185. The Morgan fingerprint density at radius 3 is 2.41 bits per heavy atom. The van der Waals surface area contributed by atoms with Gasteiger partial charge in [-0.25, -0.2) is 0 Å². The second kappa shape index (κ2) is 5.25. The van der Waals surface area contributed by atoms with Crippen LogP contribution in [-0.2, 0) is 0 Å². The first-order valence-corrected chi connectivity index (χ1v) is 6.38. The Labute approximate surface area is 107 Å². The third-order valence-electron chi connectivity index (χ3n) is 3.39. The molecule has 2 N–H and O–H groups in total. The molecule has 1 aromatic carbocycles. The molecule has 2 rings (SSSR count). The minimum Gasteiger partial charge on any atom is -0.388 e. The maximum Gasteiger partial charge on any atom is 0.0805 e. The Morgan fingerprint density at radius 1 is 1.29 bits per heavy atom. The molecule has 94 valence electrons. The van der Waals surface area contributed by atoms with Crippen molar-refractivity contribution in [3.05, 3.63) is 29.3 Å². The smallest absolute Gasteiger partial charge is 0.0805 e. The lowest BCUT2D eigenvalue weighted by atomic mass is 9.91. The van der Waals surface area contributed by atoms with Gasteiger partial charge in [-0.3, -0.25) is 0 Å². The summed E-state index contributed by atoms with van der Waals surface area (Å²) in [6.07, 6.45) is 1.60. The fourth-order valence-corrected chi connectivity index (χ4v) is 2.46. The Hall–Kier alpha value is -0.770. The van der Waals surface area contributed by atoms with Gasteiger partial charge in [-0.05, 0) is 44.2 Å². The van der Waals surface area contributed by atoms with Crippen LogP contribution < -0.4 is 10.2 Å². The zero-order valence-electron chi connectivity index (χ0n) is 10.1. The third-order valence-corrected chi connectivity index (χ3v) is 3.64. The standard InChI is InChI=1S/C13H19ClN2O/c1-15-10-13(17)6-8-16(9-7-13)12-4-2-11(14)3-5-12/h2-5,15,17H,6-10H2,1H3. The van der Waals surface area contributed by atoms with Crippen LogP contribution in [0, 0.1) is 0 Å². The van der Waals surface area contributed by atoms with Gasteiger partial charge in [-0.1, -0.05) is 11.6 Å². The molecule has 0 atom stereocenters. The summed E-state index contributed by atoms with van der Waals surface area (Å²) in [5.41, 5.74) is 0.637. The molecule has 0 radical (unpaired) electrons. The summed E-state index contributed by atoms with van der Waals surface area (Å²) in [6, 6.07) is 7.88. The molecule has 3 nitrogen and oxygen atoms in total. The monoisotopic (exact) mass is 254 g/mol. The van der Waals surface area contributed by atoms with Gasteiger partial charge in [0.05, 0.1) is 5.60 Å². The van der Waals surface area contributed by atoms with Crippen LogP contribution in [0.15, 0.2) is 24.3 Å². The predicted molar refractivity (Wildman–Crippen MR) is 71.8 cm³/mol. The van der Waals surface area contributed by atoms with Gasteiger partial charge in [0.15, 0.2) is 0 Å². The molecule has 0 amide bonds. The molecule has 0 bridgehead atoms. The number of piperidine rings is 1. The zero-order valence-corrected chi connectivity index (χ0v) is 10.9. The Balaban J connectivity index is 1.97. The van der Waals surface area contributed by atoms with E-state index in [0.717, 1.165) is 31.0 Å². The minimum atomic E-state index is -0.544. The summed E-state index contributed by atoms with van der Waals surface area (Å²) in [7, 11) is 1.88. The van der Waals surface area contributed by atoms with Crippen LogP contribution in [0.3, 0.4) is 0 Å². The van der Waals surface area contributed by atoms with Crippen molar-refractivity contribution in [1.29, 1.82) is 0 Å². The molecule has 0 aromatic heterocycles. The summed E-state index contributed by atoms with van der Waals surface area (Å²) >= 11 is 5.87. The van der Waals surface area contributed by atoms with Gasteiger partial charge in [0, 0.05) is 30.3 Å². The van der Waals surface area contributed by atoms with E-state index in [0.29, 0.717) is 6.54 Å². The van der Waals surface area contributed by atoms with Crippen molar-refractivity contribution < 1.29 is 5.11 Å². The van der Waals surface area contributed by atoms with Gasteiger partial charge < -0.3 is 15.3 Å². The fourth-order valence-electron chi connectivity index (χ4n) is 2.34. The van der Waals surface area contributed by atoms with Gasteiger partial charge in [0.1, 0.15) is 0 Å². The quantitative estimate of drug-likeness (QED) is 0.865. The SMILES string of the molecule is CNCC1(O)CCN(c2ccc(Cl)cc2)CC1. The third kappa shape index (κ3) is 3.12. The average molecular weight is 255 g/mol. The second-order valence-electron chi connectivity index (χ2n) is 4.72. The number of rotatable bonds is 3. The van der Waals surface area contributed by atoms with Crippen LogP contribution in [-0.4, -0.2) is 37.4 Å². The van der Waals surface area contributed by atoms with E-state index < -0.39 is 5.60 Å². The van der Waals surface area contributed by atoms with E-state index in [1.54, 1.807) is 0 Å². The fraction of sp³-hybridized carbons (Fsp3) is 0.538. The van der Waals surface area contributed by atoms with Crippen LogP contribution >= 0.6 is 11.6 Å². The first kappa shape index (κ1) is 12.7. The van der Waals surface area contributed by atoms with Gasteiger partial charge >= 0.3 is 0 Å².